The molecule has 0 aromatic rings. The summed E-state index contributed by atoms with van der Waals surface area (Å²) in [6.45, 7) is 4.59. The van der Waals surface area contributed by atoms with E-state index in [0.717, 1.165) is 17.7 Å². The summed E-state index contributed by atoms with van der Waals surface area (Å²) in [4.78, 5) is 36.2. The van der Waals surface area contributed by atoms with Crippen LogP contribution in [0.3, 0.4) is 0 Å². The van der Waals surface area contributed by atoms with Crippen LogP contribution in [0.2, 0.25) is 0 Å². The quantitative estimate of drug-likeness (QED) is 0.706. The van der Waals surface area contributed by atoms with Gasteiger partial charge in [-0.15, -0.1) is 0 Å². The molecule has 2 rings (SSSR count). The number of nitrogens with one attached hydrogen (secondary N) is 1. The Morgan fingerprint density at radius 3 is 2.29 bits per heavy atom. The van der Waals surface area contributed by atoms with E-state index in [1.165, 1.54) is 6.92 Å². The van der Waals surface area contributed by atoms with Gasteiger partial charge in [0.05, 0.1) is 0 Å². The Morgan fingerprint density at radius 1 is 1.47 bits per heavy atom. The van der Waals surface area contributed by atoms with Crippen molar-refractivity contribution in [1.29, 1.82) is 0 Å². The number of rotatable bonds is 3. The molecule has 2 aliphatic rings. The Labute approximate surface area is 99.0 Å². The number of urea groups is 1. The van der Waals surface area contributed by atoms with Gasteiger partial charge in [0.2, 0.25) is 0 Å². The summed E-state index contributed by atoms with van der Waals surface area (Å²) < 4.78 is 0. The third kappa shape index (κ3) is 1.50. The largest absolute Gasteiger partial charge is 0.479 e. The first-order chi connectivity index (χ1) is 7.71. The number of carbonyl (C=O) groups excluding carboxylic acids is 2. The number of carboxylic acids is 1. The zero-order chi connectivity index (χ0) is 13.0. The van der Waals surface area contributed by atoms with E-state index in [2.05, 4.69) is 5.32 Å². The number of carbonyl (C=O) groups is 3. The van der Waals surface area contributed by atoms with E-state index in [1.807, 2.05) is 0 Å². The lowest BCUT2D eigenvalue weighted by Crippen LogP contribution is -2.57. The first-order valence-electron chi connectivity index (χ1n) is 5.61. The summed E-state index contributed by atoms with van der Waals surface area (Å²) in [7, 11) is 0. The van der Waals surface area contributed by atoms with Crippen LogP contribution in [0.4, 0.5) is 4.79 Å². The molecule has 17 heavy (non-hydrogen) atoms. The van der Waals surface area contributed by atoms with Crippen molar-refractivity contribution in [3.63, 3.8) is 0 Å². The van der Waals surface area contributed by atoms with Crippen molar-refractivity contribution in [2.75, 3.05) is 0 Å². The molecule has 6 heteroatoms. The first kappa shape index (κ1) is 11.9. The van der Waals surface area contributed by atoms with Crippen LogP contribution in [0.1, 0.15) is 33.6 Å². The summed E-state index contributed by atoms with van der Waals surface area (Å²) in [6.07, 6.45) is 1.47. The first-order valence-corrected chi connectivity index (χ1v) is 5.61. The number of nitrogens with zero attached hydrogens (tertiary/aromatic N) is 1. The lowest BCUT2D eigenvalue weighted by Gasteiger charge is -2.33. The van der Waals surface area contributed by atoms with Crippen molar-refractivity contribution in [2.45, 2.75) is 44.7 Å². The van der Waals surface area contributed by atoms with Gasteiger partial charge < -0.3 is 10.4 Å². The minimum atomic E-state index is -1.42. The average molecular weight is 240 g/mol. The molecule has 1 aliphatic heterocycles. The predicted octanol–water partition coefficient (Wildman–Crippen LogP) is 0.570. The van der Waals surface area contributed by atoms with Crippen molar-refractivity contribution < 1.29 is 19.5 Å². The van der Waals surface area contributed by atoms with Gasteiger partial charge in [0, 0.05) is 0 Å². The normalized spacial score (nSPS) is 26.6. The van der Waals surface area contributed by atoms with Gasteiger partial charge in [0.1, 0.15) is 11.1 Å². The molecule has 2 fully saturated rings. The summed E-state index contributed by atoms with van der Waals surface area (Å²) in [5.41, 5.74) is -2.45. The van der Waals surface area contributed by atoms with E-state index in [9.17, 15) is 19.5 Å². The van der Waals surface area contributed by atoms with Crippen molar-refractivity contribution in [1.82, 2.24) is 10.2 Å². The smallest absolute Gasteiger partial charge is 0.330 e. The molecular weight excluding hydrogens is 224 g/mol. The van der Waals surface area contributed by atoms with E-state index in [-0.39, 0.29) is 5.92 Å². The number of amides is 3. The molecule has 1 unspecified atom stereocenters. The van der Waals surface area contributed by atoms with E-state index in [1.54, 1.807) is 13.8 Å². The standard InChI is InChI=1S/C11H16N2O4/c1-10(2)7(14)13(9(17)12-10)11(3,8(15)16)6-4-5-6/h6H,4-5H2,1-3H3,(H,12,17)(H,15,16). The molecule has 0 bridgehead atoms. The van der Waals surface area contributed by atoms with Crippen LogP contribution >= 0.6 is 0 Å². The molecule has 1 saturated heterocycles. The molecule has 1 saturated carbocycles. The third-order valence-corrected chi connectivity index (χ3v) is 3.63. The lowest BCUT2D eigenvalue weighted by molar-refractivity contribution is -0.155. The third-order valence-electron chi connectivity index (χ3n) is 3.63. The Morgan fingerprint density at radius 2 is 2.00 bits per heavy atom. The maximum atomic E-state index is 12.1. The average Bonchev–Trinajstić information content (AvgIpc) is 2.96. The van der Waals surface area contributed by atoms with Gasteiger partial charge in [0.25, 0.3) is 5.91 Å². The molecule has 0 spiro atoms. The molecule has 2 N–H and O–H groups in total. The Bertz CT molecular complexity index is 414. The monoisotopic (exact) mass is 240 g/mol. The topological polar surface area (TPSA) is 86.7 Å². The Kier molecular flexibility index (Phi) is 2.24. The second-order valence-corrected chi connectivity index (χ2v) is 5.42. The van der Waals surface area contributed by atoms with Gasteiger partial charge >= 0.3 is 12.0 Å². The van der Waals surface area contributed by atoms with Crippen LogP contribution in [0.15, 0.2) is 0 Å². The molecule has 6 nitrogen and oxygen atoms in total. The van der Waals surface area contributed by atoms with E-state index < -0.39 is 29.0 Å². The fourth-order valence-electron chi connectivity index (χ4n) is 2.27. The van der Waals surface area contributed by atoms with Crippen LogP contribution in [0, 0.1) is 5.92 Å². The SMILES string of the molecule is CC1(C)NC(=O)N(C(C)(C(=O)O)C2CC2)C1=O. The van der Waals surface area contributed by atoms with Crippen molar-refractivity contribution in [3.8, 4) is 0 Å². The fourth-order valence-corrected chi connectivity index (χ4v) is 2.27. The molecule has 3 amide bonds. The van der Waals surface area contributed by atoms with Crippen LogP contribution in [-0.4, -0.2) is 39.0 Å². The van der Waals surface area contributed by atoms with E-state index >= 15 is 0 Å². The number of hydrogen-bond donors (Lipinski definition) is 2. The van der Waals surface area contributed by atoms with Crippen molar-refractivity contribution in [3.05, 3.63) is 0 Å². The highest BCUT2D eigenvalue weighted by Gasteiger charge is 2.60. The highest BCUT2D eigenvalue weighted by Crippen LogP contribution is 2.45. The van der Waals surface area contributed by atoms with Crippen LogP contribution < -0.4 is 5.32 Å². The van der Waals surface area contributed by atoms with Gasteiger partial charge in [-0.25, -0.2) is 14.5 Å². The van der Waals surface area contributed by atoms with Gasteiger partial charge in [0.15, 0.2) is 0 Å². The van der Waals surface area contributed by atoms with Crippen LogP contribution in [-0.2, 0) is 9.59 Å². The van der Waals surface area contributed by atoms with E-state index in [0.29, 0.717) is 0 Å². The molecule has 0 radical (unpaired) electrons. The summed E-state index contributed by atoms with van der Waals surface area (Å²) in [5, 5.41) is 11.8. The number of carboxylic acid groups (broad SMARTS) is 1. The van der Waals surface area contributed by atoms with Gasteiger partial charge in [-0.3, -0.25) is 4.79 Å². The zero-order valence-electron chi connectivity index (χ0n) is 10.1. The minimum absolute atomic E-state index is 0.136. The maximum absolute atomic E-state index is 12.1. The Balaban J connectivity index is 2.42. The molecule has 94 valence electrons. The predicted molar refractivity (Wildman–Crippen MR) is 58.2 cm³/mol. The summed E-state index contributed by atoms with van der Waals surface area (Å²) in [5.74, 6) is -1.73. The molecule has 1 atom stereocenters. The molecule has 1 aliphatic carbocycles. The van der Waals surface area contributed by atoms with Crippen molar-refractivity contribution >= 4 is 17.9 Å². The van der Waals surface area contributed by atoms with Gasteiger partial charge in [-0.1, -0.05) is 0 Å². The summed E-state index contributed by atoms with van der Waals surface area (Å²) >= 11 is 0. The van der Waals surface area contributed by atoms with Crippen LogP contribution in [0.5, 0.6) is 0 Å². The highest BCUT2D eigenvalue weighted by molar-refractivity contribution is 6.10. The molecule has 0 aromatic carbocycles. The fraction of sp³-hybridized carbons (Fsp3) is 0.727. The Hall–Kier alpha value is -1.59. The number of hydrogen-bond acceptors (Lipinski definition) is 3. The lowest BCUT2D eigenvalue weighted by atomic mass is 9.92. The second kappa shape index (κ2) is 3.21. The zero-order valence-corrected chi connectivity index (χ0v) is 10.1. The van der Waals surface area contributed by atoms with Gasteiger partial charge in [-0.2, -0.15) is 0 Å². The highest BCUT2D eigenvalue weighted by atomic mass is 16.4. The summed E-state index contributed by atoms with van der Waals surface area (Å²) in [6, 6.07) is -0.614. The minimum Gasteiger partial charge on any atom is -0.479 e. The second-order valence-electron chi connectivity index (χ2n) is 5.42. The van der Waals surface area contributed by atoms with Crippen LogP contribution in [0.25, 0.3) is 0 Å². The molecular formula is C11H16N2O4. The molecule has 1 heterocycles. The maximum Gasteiger partial charge on any atom is 0.330 e. The number of imide groups is 1. The number of aliphatic carboxylic acids is 1. The van der Waals surface area contributed by atoms with Crippen molar-refractivity contribution in [2.24, 2.45) is 5.92 Å². The van der Waals surface area contributed by atoms with Gasteiger partial charge in [-0.05, 0) is 39.5 Å². The van der Waals surface area contributed by atoms with E-state index in [4.69, 9.17) is 0 Å². The molecule has 0 aromatic heterocycles.